The number of amides is 1. The molecule has 1 amide bonds. The van der Waals surface area contributed by atoms with Crippen molar-refractivity contribution >= 4 is 46.3 Å². The molecule has 2 aromatic heterocycles. The average molecular weight is 453 g/mol. The van der Waals surface area contributed by atoms with E-state index >= 15 is 0 Å². The second kappa shape index (κ2) is 9.77. The summed E-state index contributed by atoms with van der Waals surface area (Å²) in [6.07, 6.45) is 1.09. The smallest absolute Gasteiger partial charge is 0.326 e. The minimum Gasteiger partial charge on any atom is -0.481 e. The van der Waals surface area contributed by atoms with E-state index in [9.17, 15) is 19.5 Å². The molecule has 172 valence electrons. The molecule has 0 aliphatic rings. The highest BCUT2D eigenvalue weighted by Gasteiger charge is 2.21. The lowest BCUT2D eigenvalue weighted by Crippen LogP contribution is -2.41. The van der Waals surface area contributed by atoms with Crippen LogP contribution in [0.3, 0.4) is 0 Å². The van der Waals surface area contributed by atoms with Crippen LogP contribution in [-0.4, -0.2) is 56.1 Å². The summed E-state index contributed by atoms with van der Waals surface area (Å²) in [7, 11) is 1.86. The molecular formula is C21H23N7O5. The Kier molecular flexibility index (Phi) is 6.86. The maximum atomic E-state index is 12.4. The summed E-state index contributed by atoms with van der Waals surface area (Å²) in [4.78, 5) is 48.5. The standard InChI is InChI=1S/C21H23N7O5/c1-28(10-11-8-14-17(22)26-21(23)27-18(14)24-9-11)13-4-2-12(3-5-13)19(31)25-15(20(32)33)6-7-16(29)30/h2-5,8-9,15H,6-7,10H2,1H3,(H,25,31)(H,29,30)(H,32,33)(H4,22,23,24,26,27)/t15-/m0/s1. The van der Waals surface area contributed by atoms with Crippen LogP contribution in [0, 0.1) is 0 Å². The predicted octanol–water partition coefficient (Wildman–Crippen LogP) is 0.873. The molecule has 0 aliphatic carbocycles. The largest absolute Gasteiger partial charge is 0.481 e. The fourth-order valence-corrected chi connectivity index (χ4v) is 3.18. The summed E-state index contributed by atoms with van der Waals surface area (Å²) in [6, 6.07) is 7.10. The molecule has 7 N–H and O–H groups in total. The van der Waals surface area contributed by atoms with Crippen molar-refractivity contribution in [2.75, 3.05) is 23.4 Å². The second-order valence-corrected chi connectivity index (χ2v) is 7.38. The molecule has 0 saturated heterocycles. The van der Waals surface area contributed by atoms with E-state index in [1.165, 1.54) is 0 Å². The number of fused-ring (bicyclic) bond motifs is 1. The van der Waals surface area contributed by atoms with E-state index in [0.717, 1.165) is 11.3 Å². The third-order valence-corrected chi connectivity index (χ3v) is 4.90. The number of aromatic nitrogens is 3. The first-order chi connectivity index (χ1) is 15.6. The van der Waals surface area contributed by atoms with Gasteiger partial charge in [-0.1, -0.05) is 0 Å². The number of hydrogen-bond acceptors (Lipinski definition) is 9. The molecule has 0 spiro atoms. The van der Waals surface area contributed by atoms with Crippen LogP contribution >= 0.6 is 0 Å². The molecule has 2 heterocycles. The molecule has 0 aliphatic heterocycles. The van der Waals surface area contributed by atoms with Crippen molar-refractivity contribution in [1.82, 2.24) is 20.3 Å². The van der Waals surface area contributed by atoms with Crippen molar-refractivity contribution in [3.05, 3.63) is 47.7 Å². The van der Waals surface area contributed by atoms with Crippen LogP contribution in [-0.2, 0) is 16.1 Å². The van der Waals surface area contributed by atoms with Gasteiger partial charge in [-0.2, -0.15) is 9.97 Å². The third-order valence-electron chi connectivity index (χ3n) is 4.90. The number of nitrogen functional groups attached to an aromatic ring is 2. The molecule has 12 heteroatoms. The van der Waals surface area contributed by atoms with Gasteiger partial charge in [0.2, 0.25) is 5.95 Å². The minimum absolute atomic E-state index is 0.0538. The van der Waals surface area contributed by atoms with Gasteiger partial charge in [-0.05, 0) is 42.3 Å². The number of nitrogens with two attached hydrogens (primary N) is 2. The summed E-state index contributed by atoms with van der Waals surface area (Å²) >= 11 is 0. The van der Waals surface area contributed by atoms with Crippen molar-refractivity contribution in [1.29, 1.82) is 0 Å². The highest BCUT2D eigenvalue weighted by Crippen LogP contribution is 2.21. The van der Waals surface area contributed by atoms with Gasteiger partial charge in [0.25, 0.3) is 5.91 Å². The fraction of sp³-hybridized carbons (Fsp3) is 0.238. The molecule has 0 radical (unpaired) electrons. The molecule has 0 bridgehead atoms. The number of pyridine rings is 1. The fourth-order valence-electron chi connectivity index (χ4n) is 3.18. The van der Waals surface area contributed by atoms with Crippen molar-refractivity contribution in [2.45, 2.75) is 25.4 Å². The number of anilines is 3. The van der Waals surface area contributed by atoms with Crippen LogP contribution in [0.25, 0.3) is 11.0 Å². The van der Waals surface area contributed by atoms with Gasteiger partial charge in [0.15, 0.2) is 5.65 Å². The monoisotopic (exact) mass is 453 g/mol. The Morgan fingerprint density at radius 1 is 1.12 bits per heavy atom. The van der Waals surface area contributed by atoms with Crippen LogP contribution in [0.1, 0.15) is 28.8 Å². The quantitative estimate of drug-likeness (QED) is 0.308. The number of carboxylic acid groups (broad SMARTS) is 2. The number of nitrogens with one attached hydrogen (secondary N) is 1. The van der Waals surface area contributed by atoms with E-state index in [-0.39, 0.29) is 30.2 Å². The van der Waals surface area contributed by atoms with Crippen molar-refractivity contribution < 1.29 is 24.6 Å². The molecule has 0 saturated carbocycles. The maximum absolute atomic E-state index is 12.4. The summed E-state index contributed by atoms with van der Waals surface area (Å²) in [5.41, 5.74) is 13.8. The van der Waals surface area contributed by atoms with Gasteiger partial charge in [0.1, 0.15) is 11.9 Å². The summed E-state index contributed by atoms with van der Waals surface area (Å²) in [6.45, 7) is 0.481. The van der Waals surface area contributed by atoms with Crippen LogP contribution in [0.15, 0.2) is 36.5 Å². The zero-order valence-electron chi connectivity index (χ0n) is 17.7. The number of rotatable bonds is 9. The van der Waals surface area contributed by atoms with Crippen LogP contribution in [0.4, 0.5) is 17.5 Å². The first-order valence-electron chi connectivity index (χ1n) is 9.88. The highest BCUT2D eigenvalue weighted by molar-refractivity contribution is 5.97. The first-order valence-corrected chi connectivity index (χ1v) is 9.88. The molecule has 3 aromatic rings. The Labute approximate surface area is 188 Å². The Morgan fingerprint density at radius 3 is 2.45 bits per heavy atom. The van der Waals surface area contributed by atoms with Gasteiger partial charge >= 0.3 is 11.9 Å². The van der Waals surface area contributed by atoms with Crippen LogP contribution in [0.5, 0.6) is 0 Å². The lowest BCUT2D eigenvalue weighted by Gasteiger charge is -2.20. The SMILES string of the molecule is CN(Cc1cnc2nc(N)nc(N)c2c1)c1ccc(C(=O)N[C@@H](CCC(=O)O)C(=O)O)cc1. The minimum atomic E-state index is -1.29. The van der Waals surface area contributed by atoms with Crippen molar-refractivity contribution in [3.63, 3.8) is 0 Å². The molecule has 3 rings (SSSR count). The number of nitrogens with zero attached hydrogens (tertiary/aromatic N) is 4. The Hall–Kier alpha value is -4.48. The number of carboxylic acids is 2. The summed E-state index contributed by atoms with van der Waals surface area (Å²) in [5.74, 6) is -2.73. The van der Waals surface area contributed by atoms with Gasteiger partial charge in [0, 0.05) is 37.5 Å². The Bertz CT molecular complexity index is 1200. The maximum Gasteiger partial charge on any atom is 0.326 e. The van der Waals surface area contributed by atoms with Gasteiger partial charge in [-0.25, -0.2) is 9.78 Å². The zero-order valence-corrected chi connectivity index (χ0v) is 17.7. The number of carbonyl (C=O) groups is 3. The Morgan fingerprint density at radius 2 is 1.82 bits per heavy atom. The molecular weight excluding hydrogens is 430 g/mol. The number of hydrogen-bond donors (Lipinski definition) is 5. The molecule has 1 aromatic carbocycles. The van der Waals surface area contributed by atoms with Crippen LogP contribution in [0.2, 0.25) is 0 Å². The van der Waals surface area contributed by atoms with Crippen LogP contribution < -0.4 is 21.7 Å². The molecule has 0 unspecified atom stereocenters. The van der Waals surface area contributed by atoms with E-state index in [4.69, 9.17) is 16.6 Å². The van der Waals surface area contributed by atoms with Gasteiger partial charge < -0.3 is 31.9 Å². The van der Waals surface area contributed by atoms with Crippen molar-refractivity contribution in [3.8, 4) is 0 Å². The zero-order chi connectivity index (χ0) is 24.1. The predicted molar refractivity (Wildman–Crippen MR) is 120 cm³/mol. The van der Waals surface area contributed by atoms with Gasteiger partial charge in [0.05, 0.1) is 5.39 Å². The topological polar surface area (TPSA) is 198 Å². The second-order valence-electron chi connectivity index (χ2n) is 7.38. The van der Waals surface area contributed by atoms with Gasteiger partial charge in [-0.3, -0.25) is 9.59 Å². The number of aliphatic carboxylic acids is 2. The number of carbonyl (C=O) groups excluding carboxylic acids is 1. The lowest BCUT2D eigenvalue weighted by atomic mass is 10.1. The van der Waals surface area contributed by atoms with E-state index in [1.54, 1.807) is 30.5 Å². The molecule has 1 atom stereocenters. The lowest BCUT2D eigenvalue weighted by molar-refractivity contribution is -0.140. The first kappa shape index (κ1) is 23.2. The molecule has 12 nitrogen and oxygen atoms in total. The highest BCUT2D eigenvalue weighted by atomic mass is 16.4. The third kappa shape index (κ3) is 5.81. The van der Waals surface area contributed by atoms with E-state index in [1.807, 2.05) is 18.0 Å². The summed E-state index contributed by atoms with van der Waals surface area (Å²) in [5, 5.41) is 20.9. The van der Waals surface area contributed by atoms with Crippen molar-refractivity contribution in [2.24, 2.45) is 0 Å². The molecule has 0 fully saturated rings. The summed E-state index contributed by atoms with van der Waals surface area (Å²) < 4.78 is 0. The van der Waals surface area contributed by atoms with E-state index in [2.05, 4.69) is 20.3 Å². The normalized spacial score (nSPS) is 11.7. The van der Waals surface area contributed by atoms with E-state index < -0.39 is 23.9 Å². The Balaban J connectivity index is 1.67. The van der Waals surface area contributed by atoms with E-state index in [0.29, 0.717) is 17.6 Å². The number of benzene rings is 1. The average Bonchev–Trinajstić information content (AvgIpc) is 2.76. The van der Waals surface area contributed by atoms with Gasteiger partial charge in [-0.15, -0.1) is 0 Å². The molecule has 33 heavy (non-hydrogen) atoms.